The maximum absolute atomic E-state index is 8.73. The maximum Gasteiger partial charge on any atom is 0.156 e. The first kappa shape index (κ1) is 10.2. The Bertz CT molecular complexity index is 393. The second-order valence-electron chi connectivity index (χ2n) is 2.67. The molecule has 1 aromatic rings. The van der Waals surface area contributed by atoms with Crippen molar-refractivity contribution in [2.75, 3.05) is 13.6 Å². The molecular weight excluding hydrogens is 174 g/mol. The summed E-state index contributed by atoms with van der Waals surface area (Å²) in [5.41, 5.74) is 1.09. The minimum absolute atomic E-state index is 0.393. The lowest BCUT2D eigenvalue weighted by Gasteiger charge is -1.92. The van der Waals surface area contributed by atoms with Crippen LogP contribution in [0.1, 0.15) is 17.7 Å². The van der Waals surface area contributed by atoms with Crippen LogP contribution in [0, 0.1) is 23.2 Å². The molecule has 3 heteroatoms. The van der Waals surface area contributed by atoms with E-state index in [1.165, 1.54) is 0 Å². The number of hydrogen-bond acceptors (Lipinski definition) is 3. The molecule has 0 aliphatic rings. The number of nitriles is 1. The Labute approximate surface area is 83.8 Å². The molecule has 14 heavy (non-hydrogen) atoms. The molecule has 1 aromatic heterocycles. The molecular formula is C11H11N3. The van der Waals surface area contributed by atoms with Gasteiger partial charge in [0, 0.05) is 19.2 Å². The van der Waals surface area contributed by atoms with Gasteiger partial charge in [-0.3, -0.25) is 0 Å². The van der Waals surface area contributed by atoms with Gasteiger partial charge in [-0.2, -0.15) is 5.26 Å². The molecule has 0 saturated heterocycles. The van der Waals surface area contributed by atoms with Gasteiger partial charge in [0.25, 0.3) is 0 Å². The average Bonchev–Trinajstić information content (AvgIpc) is 2.25. The zero-order chi connectivity index (χ0) is 10.2. The lowest BCUT2D eigenvalue weighted by Crippen LogP contribution is -2.05. The van der Waals surface area contributed by atoms with E-state index in [1.807, 2.05) is 13.1 Å². The largest absolute Gasteiger partial charge is 0.319 e. The first-order valence-corrected chi connectivity index (χ1v) is 4.37. The lowest BCUT2D eigenvalue weighted by atomic mass is 10.2. The highest BCUT2D eigenvalue weighted by atomic mass is 14.8. The van der Waals surface area contributed by atoms with E-state index in [2.05, 4.69) is 22.1 Å². The smallest absolute Gasteiger partial charge is 0.156 e. The zero-order valence-electron chi connectivity index (χ0n) is 8.04. The minimum atomic E-state index is 0.393. The van der Waals surface area contributed by atoms with Crippen molar-refractivity contribution in [1.82, 2.24) is 10.3 Å². The van der Waals surface area contributed by atoms with E-state index in [1.54, 1.807) is 18.3 Å². The van der Waals surface area contributed by atoms with Gasteiger partial charge in [-0.05, 0) is 19.2 Å². The van der Waals surface area contributed by atoms with Gasteiger partial charge in [0.05, 0.1) is 5.56 Å². The number of rotatable bonds is 2. The van der Waals surface area contributed by atoms with Crippen molar-refractivity contribution in [2.24, 2.45) is 0 Å². The Kier molecular flexibility index (Phi) is 4.20. The standard InChI is InChI=1S/C11H11N3/c1-13-7-3-2-5-10-6-4-8-14-11(10)9-12/h4,6,8,13H,3,7H2,1H3. The lowest BCUT2D eigenvalue weighted by molar-refractivity contribution is 0.818. The van der Waals surface area contributed by atoms with Crippen LogP contribution >= 0.6 is 0 Å². The highest BCUT2D eigenvalue weighted by molar-refractivity contribution is 5.43. The summed E-state index contributed by atoms with van der Waals surface area (Å²) in [6, 6.07) is 5.59. The molecule has 1 heterocycles. The number of nitrogens with one attached hydrogen (secondary N) is 1. The van der Waals surface area contributed by atoms with Crippen molar-refractivity contribution in [3.63, 3.8) is 0 Å². The Morgan fingerprint density at radius 1 is 1.57 bits per heavy atom. The molecule has 0 aliphatic heterocycles. The summed E-state index contributed by atoms with van der Waals surface area (Å²) in [7, 11) is 1.88. The normalized spacial score (nSPS) is 8.57. The molecule has 0 radical (unpaired) electrons. The highest BCUT2D eigenvalue weighted by Crippen LogP contribution is 2.00. The quantitative estimate of drug-likeness (QED) is 0.550. The molecule has 0 atom stereocenters. The summed E-state index contributed by atoms with van der Waals surface area (Å²) in [4.78, 5) is 3.92. The topological polar surface area (TPSA) is 48.7 Å². The first-order chi connectivity index (χ1) is 6.88. The van der Waals surface area contributed by atoms with Crippen LogP contribution in [0.3, 0.4) is 0 Å². The van der Waals surface area contributed by atoms with Crippen LogP contribution in [0.2, 0.25) is 0 Å². The fourth-order valence-electron chi connectivity index (χ4n) is 0.940. The molecule has 0 bridgehead atoms. The molecule has 0 aromatic carbocycles. The van der Waals surface area contributed by atoms with Crippen LogP contribution in [0.4, 0.5) is 0 Å². The SMILES string of the molecule is CNCCC#Cc1cccnc1C#N. The van der Waals surface area contributed by atoms with Crippen molar-refractivity contribution in [3.8, 4) is 17.9 Å². The average molecular weight is 185 g/mol. The molecule has 3 nitrogen and oxygen atoms in total. The predicted molar refractivity (Wildman–Crippen MR) is 54.4 cm³/mol. The van der Waals surface area contributed by atoms with E-state index in [4.69, 9.17) is 5.26 Å². The number of aromatic nitrogens is 1. The minimum Gasteiger partial charge on any atom is -0.319 e. The van der Waals surface area contributed by atoms with Crippen LogP contribution in [0.15, 0.2) is 18.3 Å². The van der Waals surface area contributed by atoms with Gasteiger partial charge in [-0.1, -0.05) is 11.8 Å². The number of hydrogen-bond donors (Lipinski definition) is 1. The second-order valence-corrected chi connectivity index (χ2v) is 2.67. The fourth-order valence-corrected chi connectivity index (χ4v) is 0.940. The number of nitrogens with zero attached hydrogens (tertiary/aromatic N) is 2. The Morgan fingerprint density at radius 3 is 3.14 bits per heavy atom. The van der Waals surface area contributed by atoms with Crippen molar-refractivity contribution in [3.05, 3.63) is 29.6 Å². The van der Waals surface area contributed by atoms with Gasteiger partial charge >= 0.3 is 0 Å². The third kappa shape index (κ3) is 2.90. The molecule has 0 aliphatic carbocycles. The van der Waals surface area contributed by atoms with Crippen LogP contribution in [-0.4, -0.2) is 18.6 Å². The van der Waals surface area contributed by atoms with E-state index < -0.39 is 0 Å². The van der Waals surface area contributed by atoms with Gasteiger partial charge in [0.1, 0.15) is 6.07 Å². The van der Waals surface area contributed by atoms with E-state index in [0.717, 1.165) is 13.0 Å². The van der Waals surface area contributed by atoms with Crippen molar-refractivity contribution in [1.29, 1.82) is 5.26 Å². The van der Waals surface area contributed by atoms with Crippen molar-refractivity contribution < 1.29 is 0 Å². The molecule has 70 valence electrons. The Morgan fingerprint density at radius 2 is 2.43 bits per heavy atom. The molecule has 1 N–H and O–H groups in total. The molecule has 0 amide bonds. The second kappa shape index (κ2) is 5.75. The summed E-state index contributed by atoms with van der Waals surface area (Å²) in [6.45, 7) is 0.856. The van der Waals surface area contributed by atoms with Crippen LogP contribution in [0.25, 0.3) is 0 Å². The third-order valence-corrected chi connectivity index (χ3v) is 1.64. The van der Waals surface area contributed by atoms with E-state index in [0.29, 0.717) is 11.3 Å². The zero-order valence-corrected chi connectivity index (χ0v) is 8.04. The monoisotopic (exact) mass is 185 g/mol. The van der Waals surface area contributed by atoms with E-state index in [-0.39, 0.29) is 0 Å². The van der Waals surface area contributed by atoms with Crippen molar-refractivity contribution >= 4 is 0 Å². The van der Waals surface area contributed by atoms with E-state index >= 15 is 0 Å². The summed E-state index contributed by atoms with van der Waals surface area (Å²) < 4.78 is 0. The van der Waals surface area contributed by atoms with Gasteiger partial charge in [-0.25, -0.2) is 4.98 Å². The Hall–Kier alpha value is -1.84. The van der Waals surface area contributed by atoms with Gasteiger partial charge in [0.2, 0.25) is 0 Å². The van der Waals surface area contributed by atoms with Gasteiger partial charge in [0.15, 0.2) is 5.69 Å². The van der Waals surface area contributed by atoms with Crippen LogP contribution < -0.4 is 5.32 Å². The summed E-state index contributed by atoms with van der Waals surface area (Å²) >= 11 is 0. The molecule has 0 unspecified atom stereocenters. The summed E-state index contributed by atoms with van der Waals surface area (Å²) in [6.07, 6.45) is 2.37. The molecule has 0 fully saturated rings. The Balaban J connectivity index is 2.74. The molecule has 1 rings (SSSR count). The van der Waals surface area contributed by atoms with Crippen molar-refractivity contribution in [2.45, 2.75) is 6.42 Å². The van der Waals surface area contributed by atoms with Gasteiger partial charge in [-0.15, -0.1) is 0 Å². The van der Waals surface area contributed by atoms with Crippen LogP contribution in [-0.2, 0) is 0 Å². The number of pyridine rings is 1. The highest BCUT2D eigenvalue weighted by Gasteiger charge is 1.96. The summed E-state index contributed by atoms with van der Waals surface area (Å²) in [5, 5.41) is 11.7. The molecule has 0 saturated carbocycles. The van der Waals surface area contributed by atoms with Gasteiger partial charge < -0.3 is 5.32 Å². The third-order valence-electron chi connectivity index (χ3n) is 1.64. The maximum atomic E-state index is 8.73. The molecule has 0 spiro atoms. The van der Waals surface area contributed by atoms with E-state index in [9.17, 15) is 0 Å². The predicted octanol–water partition coefficient (Wildman–Crippen LogP) is 0.914. The first-order valence-electron chi connectivity index (χ1n) is 4.37. The van der Waals surface area contributed by atoms with Crippen LogP contribution in [0.5, 0.6) is 0 Å². The fraction of sp³-hybridized carbons (Fsp3) is 0.273. The summed E-state index contributed by atoms with van der Waals surface area (Å²) in [5.74, 6) is 5.90.